The minimum atomic E-state index is -0.0966. The summed E-state index contributed by atoms with van der Waals surface area (Å²) >= 11 is 5.06. The van der Waals surface area contributed by atoms with Crippen LogP contribution in [0.2, 0.25) is 0 Å². The second-order valence-electron chi connectivity index (χ2n) is 6.73. The fourth-order valence-electron chi connectivity index (χ4n) is 3.20. The third-order valence-electron chi connectivity index (χ3n) is 4.74. The highest BCUT2D eigenvalue weighted by atomic mass is 79.9. The Morgan fingerprint density at radius 1 is 1.27 bits per heavy atom. The largest absolute Gasteiger partial charge is 0.488 e. The van der Waals surface area contributed by atoms with Crippen LogP contribution in [0.4, 0.5) is 0 Å². The van der Waals surface area contributed by atoms with Crippen molar-refractivity contribution >= 4 is 55.7 Å². The van der Waals surface area contributed by atoms with E-state index in [0.717, 1.165) is 58.2 Å². The molecule has 0 atom stereocenters. The van der Waals surface area contributed by atoms with Crippen molar-refractivity contribution in [2.24, 2.45) is 0 Å². The van der Waals surface area contributed by atoms with Crippen molar-refractivity contribution in [1.82, 2.24) is 15.2 Å². The van der Waals surface area contributed by atoms with E-state index in [1.54, 1.807) is 17.5 Å². The van der Waals surface area contributed by atoms with E-state index in [2.05, 4.69) is 31.1 Å². The zero-order chi connectivity index (χ0) is 20.1. The van der Waals surface area contributed by atoms with Gasteiger partial charge in [0.05, 0.1) is 23.5 Å². The Morgan fingerprint density at radius 3 is 2.80 bits per heavy atom. The first-order valence-corrected chi connectivity index (χ1v) is 11.1. The van der Waals surface area contributed by atoms with Gasteiger partial charge in [-0.1, -0.05) is 18.2 Å². The Bertz CT molecular complexity index is 980. The molecule has 0 spiro atoms. The summed E-state index contributed by atoms with van der Waals surface area (Å²) in [7, 11) is 0. The zero-order valence-corrected chi connectivity index (χ0v) is 19.5. The first-order valence-electron chi connectivity index (χ1n) is 9.54. The summed E-state index contributed by atoms with van der Waals surface area (Å²) < 4.78 is 12.9. The Hall–Kier alpha value is -1.71. The zero-order valence-electron chi connectivity index (χ0n) is 16.3. The van der Waals surface area contributed by atoms with Crippen molar-refractivity contribution in [3.63, 3.8) is 0 Å². The smallest absolute Gasteiger partial charge is 0.254 e. The molecule has 1 fully saturated rings. The summed E-state index contributed by atoms with van der Waals surface area (Å²) in [6.45, 7) is 5.22. The van der Waals surface area contributed by atoms with Gasteiger partial charge in [0, 0.05) is 42.6 Å². The summed E-state index contributed by atoms with van der Waals surface area (Å²) in [6, 6.07) is 11.7. The quantitative estimate of drug-likeness (QED) is 0.483. The number of morpholine rings is 1. The number of para-hydroxylation sites is 1. The molecule has 9 heteroatoms. The SMILES string of the molecule is Cl.O=C(NCCN1CCOCC1)c1cnc(Br)c2cc(COc3ccccc3)sc12. The number of nitrogens with zero attached hydrogens (tertiary/aromatic N) is 2. The van der Waals surface area contributed by atoms with Gasteiger partial charge in [0.15, 0.2) is 0 Å². The highest BCUT2D eigenvalue weighted by Gasteiger charge is 2.17. The first-order chi connectivity index (χ1) is 14.2. The summed E-state index contributed by atoms with van der Waals surface area (Å²) in [5.74, 6) is 0.726. The van der Waals surface area contributed by atoms with Crippen LogP contribution < -0.4 is 10.1 Å². The minimum absolute atomic E-state index is 0. The number of amides is 1. The van der Waals surface area contributed by atoms with E-state index >= 15 is 0 Å². The normalized spacial score (nSPS) is 14.3. The molecule has 1 aliphatic heterocycles. The van der Waals surface area contributed by atoms with Gasteiger partial charge in [0.1, 0.15) is 17.0 Å². The van der Waals surface area contributed by atoms with E-state index in [4.69, 9.17) is 9.47 Å². The highest BCUT2D eigenvalue weighted by molar-refractivity contribution is 9.10. The van der Waals surface area contributed by atoms with Crippen molar-refractivity contribution in [3.8, 4) is 5.75 Å². The van der Waals surface area contributed by atoms with E-state index in [-0.39, 0.29) is 18.3 Å². The second kappa shape index (κ2) is 11.1. The Kier molecular flexibility index (Phi) is 8.47. The number of ether oxygens (including phenoxy) is 2. The minimum Gasteiger partial charge on any atom is -0.488 e. The number of carbonyl (C=O) groups excluding carboxylic acids is 1. The molecular formula is C21H23BrClN3O3S. The van der Waals surface area contributed by atoms with Gasteiger partial charge >= 0.3 is 0 Å². The Balaban J connectivity index is 0.00000256. The molecule has 0 unspecified atom stereocenters. The van der Waals surface area contributed by atoms with Crippen molar-refractivity contribution < 1.29 is 14.3 Å². The number of hydrogen-bond donors (Lipinski definition) is 1. The van der Waals surface area contributed by atoms with Crippen LogP contribution in [-0.2, 0) is 11.3 Å². The Labute approximate surface area is 194 Å². The van der Waals surface area contributed by atoms with Crippen LogP contribution >= 0.6 is 39.7 Å². The van der Waals surface area contributed by atoms with E-state index in [0.29, 0.717) is 18.7 Å². The average Bonchev–Trinajstić information content (AvgIpc) is 3.19. The number of thiophene rings is 1. The lowest BCUT2D eigenvalue weighted by Crippen LogP contribution is -2.41. The second-order valence-corrected chi connectivity index (χ2v) is 8.62. The average molecular weight is 513 g/mol. The number of hydrogen-bond acceptors (Lipinski definition) is 6. The van der Waals surface area contributed by atoms with Gasteiger partial charge in [-0.25, -0.2) is 4.98 Å². The molecule has 30 heavy (non-hydrogen) atoms. The van der Waals surface area contributed by atoms with Gasteiger partial charge in [-0.05, 0) is 34.1 Å². The monoisotopic (exact) mass is 511 g/mol. The number of nitrogens with one attached hydrogen (secondary N) is 1. The molecular weight excluding hydrogens is 490 g/mol. The van der Waals surface area contributed by atoms with Crippen LogP contribution in [-0.4, -0.2) is 55.2 Å². The number of aromatic nitrogens is 1. The first kappa shape index (κ1) is 23.0. The van der Waals surface area contributed by atoms with Crippen LogP contribution in [0, 0.1) is 0 Å². The molecule has 3 aromatic rings. The topological polar surface area (TPSA) is 63.7 Å². The van der Waals surface area contributed by atoms with Gasteiger partial charge in [0.25, 0.3) is 5.91 Å². The predicted molar refractivity (Wildman–Crippen MR) is 125 cm³/mol. The molecule has 1 aromatic carbocycles. The fourth-order valence-corrected chi connectivity index (χ4v) is 4.82. The van der Waals surface area contributed by atoms with E-state index in [1.165, 1.54) is 0 Å². The maximum Gasteiger partial charge on any atom is 0.254 e. The summed E-state index contributed by atoms with van der Waals surface area (Å²) in [5.41, 5.74) is 0.598. The maximum absolute atomic E-state index is 12.8. The highest BCUT2D eigenvalue weighted by Crippen LogP contribution is 2.33. The molecule has 2 aromatic heterocycles. The third kappa shape index (κ3) is 5.70. The molecule has 0 saturated carbocycles. The van der Waals surface area contributed by atoms with E-state index in [9.17, 15) is 4.79 Å². The fraction of sp³-hybridized carbons (Fsp3) is 0.333. The lowest BCUT2D eigenvalue weighted by molar-refractivity contribution is 0.0383. The molecule has 6 nitrogen and oxygen atoms in total. The van der Waals surface area contributed by atoms with Crippen LogP contribution in [0.25, 0.3) is 10.1 Å². The summed E-state index contributed by atoms with van der Waals surface area (Å²) in [6.07, 6.45) is 1.63. The molecule has 160 valence electrons. The molecule has 1 aliphatic rings. The molecule has 3 heterocycles. The van der Waals surface area contributed by atoms with Crippen molar-refractivity contribution in [3.05, 3.63) is 57.6 Å². The van der Waals surface area contributed by atoms with Crippen LogP contribution in [0.3, 0.4) is 0 Å². The lowest BCUT2D eigenvalue weighted by Gasteiger charge is -2.26. The number of halogens is 2. The number of rotatable bonds is 7. The summed E-state index contributed by atoms with van der Waals surface area (Å²) in [5, 5.41) is 3.96. The maximum atomic E-state index is 12.8. The van der Waals surface area contributed by atoms with E-state index in [1.807, 2.05) is 36.4 Å². The van der Waals surface area contributed by atoms with Gasteiger partial charge in [-0.3, -0.25) is 9.69 Å². The number of benzene rings is 1. The van der Waals surface area contributed by atoms with Crippen molar-refractivity contribution in [2.45, 2.75) is 6.61 Å². The third-order valence-corrected chi connectivity index (χ3v) is 6.52. The van der Waals surface area contributed by atoms with Gasteiger partial charge < -0.3 is 14.8 Å². The molecule has 0 radical (unpaired) electrons. The molecule has 1 N–H and O–H groups in total. The predicted octanol–water partition coefficient (Wildman–Crippen LogP) is 4.12. The number of pyridine rings is 1. The van der Waals surface area contributed by atoms with Crippen molar-refractivity contribution in [1.29, 1.82) is 0 Å². The Morgan fingerprint density at radius 2 is 2.03 bits per heavy atom. The molecule has 1 saturated heterocycles. The van der Waals surface area contributed by atoms with Gasteiger partial charge in [-0.15, -0.1) is 23.7 Å². The number of carbonyl (C=O) groups is 1. The standard InChI is InChI=1S/C21H22BrN3O3S.ClH/c22-20-17-12-16(14-28-15-4-2-1-3-5-15)29-19(17)18(13-24-20)21(26)23-6-7-25-8-10-27-11-9-25;/h1-5,12-13H,6-11,14H2,(H,23,26);1H. The molecule has 4 rings (SSSR count). The van der Waals surface area contributed by atoms with E-state index < -0.39 is 0 Å². The van der Waals surface area contributed by atoms with Crippen LogP contribution in [0.1, 0.15) is 15.2 Å². The molecule has 1 amide bonds. The number of fused-ring (bicyclic) bond motifs is 1. The molecule has 0 aliphatic carbocycles. The van der Waals surface area contributed by atoms with Crippen LogP contribution in [0.5, 0.6) is 5.75 Å². The molecule has 0 bridgehead atoms. The summed E-state index contributed by atoms with van der Waals surface area (Å²) in [4.78, 5) is 20.5. The van der Waals surface area contributed by atoms with Crippen LogP contribution in [0.15, 0.2) is 47.2 Å². The van der Waals surface area contributed by atoms with Gasteiger partial charge in [-0.2, -0.15) is 0 Å². The lowest BCUT2D eigenvalue weighted by atomic mass is 10.2. The van der Waals surface area contributed by atoms with Crippen molar-refractivity contribution in [2.75, 3.05) is 39.4 Å². The van der Waals surface area contributed by atoms with Gasteiger partial charge in [0.2, 0.25) is 0 Å².